The Bertz CT molecular complexity index is 876. The lowest BCUT2D eigenvalue weighted by molar-refractivity contribution is -0.117. The van der Waals surface area contributed by atoms with Crippen LogP contribution in [0.4, 0.5) is 5.69 Å². The Morgan fingerprint density at radius 3 is 2.84 bits per heavy atom. The van der Waals surface area contributed by atoms with Crippen molar-refractivity contribution in [2.75, 3.05) is 11.9 Å². The van der Waals surface area contributed by atoms with Gasteiger partial charge in [-0.2, -0.15) is 0 Å². The van der Waals surface area contributed by atoms with Gasteiger partial charge in [0.2, 0.25) is 5.91 Å². The number of carbonyl (C=O) groups excluding carboxylic acids is 1. The number of rotatable bonds is 3. The number of aromatic carboxylic acids is 1. The molecule has 0 bridgehead atoms. The Morgan fingerprint density at radius 1 is 1.24 bits per heavy atom. The number of hydrogen-bond donors (Lipinski definition) is 2. The number of carboxylic acids is 1. The molecule has 1 saturated carbocycles. The lowest BCUT2D eigenvalue weighted by atomic mass is 9.87. The molecular weight excluding hydrogens is 318 g/mol. The lowest BCUT2D eigenvalue weighted by Crippen LogP contribution is -2.26. The van der Waals surface area contributed by atoms with Crippen LogP contribution in [-0.4, -0.2) is 23.6 Å². The van der Waals surface area contributed by atoms with Gasteiger partial charge in [0, 0.05) is 22.6 Å². The molecule has 5 nitrogen and oxygen atoms in total. The van der Waals surface area contributed by atoms with E-state index < -0.39 is 5.97 Å². The molecule has 2 aromatic rings. The molecular formula is C20H19NO4. The van der Waals surface area contributed by atoms with E-state index in [-0.39, 0.29) is 22.8 Å². The van der Waals surface area contributed by atoms with E-state index in [4.69, 9.17) is 9.84 Å². The molecule has 2 aromatic carbocycles. The number of carboxylic acid groups (broad SMARTS) is 1. The van der Waals surface area contributed by atoms with Gasteiger partial charge in [-0.3, -0.25) is 4.79 Å². The van der Waals surface area contributed by atoms with Gasteiger partial charge in [0.15, 0.2) is 0 Å². The van der Waals surface area contributed by atoms with Crippen molar-refractivity contribution in [2.45, 2.75) is 25.2 Å². The van der Waals surface area contributed by atoms with Crippen molar-refractivity contribution in [2.24, 2.45) is 5.92 Å². The third-order valence-corrected chi connectivity index (χ3v) is 5.36. The van der Waals surface area contributed by atoms with Crippen LogP contribution in [0.1, 0.15) is 34.3 Å². The lowest BCUT2D eigenvalue weighted by Gasteiger charge is -2.26. The summed E-state index contributed by atoms with van der Waals surface area (Å²) in [5.74, 6) is -0.294. The molecule has 1 aliphatic carbocycles. The van der Waals surface area contributed by atoms with Crippen LogP contribution in [0.25, 0.3) is 0 Å². The van der Waals surface area contributed by atoms with Crippen LogP contribution in [0.5, 0.6) is 5.75 Å². The highest BCUT2D eigenvalue weighted by atomic mass is 16.5. The summed E-state index contributed by atoms with van der Waals surface area (Å²) < 4.78 is 5.71. The van der Waals surface area contributed by atoms with E-state index in [2.05, 4.69) is 5.32 Å². The molecule has 128 valence electrons. The monoisotopic (exact) mass is 337 g/mol. The van der Waals surface area contributed by atoms with Gasteiger partial charge in [-0.05, 0) is 43.5 Å². The zero-order chi connectivity index (χ0) is 17.6. The van der Waals surface area contributed by atoms with E-state index in [1.54, 1.807) is 12.1 Å². The zero-order valence-corrected chi connectivity index (χ0v) is 13.9. The maximum Gasteiger partial charge on any atom is 0.335 e. The van der Waals surface area contributed by atoms with E-state index in [1.807, 2.05) is 31.2 Å². The molecule has 5 heteroatoms. The molecule has 1 amide bonds. The van der Waals surface area contributed by atoms with E-state index in [0.29, 0.717) is 12.3 Å². The highest BCUT2D eigenvalue weighted by Crippen LogP contribution is 2.60. The summed E-state index contributed by atoms with van der Waals surface area (Å²) in [6, 6.07) is 12.7. The van der Waals surface area contributed by atoms with Gasteiger partial charge in [-0.15, -0.1) is 0 Å². The van der Waals surface area contributed by atoms with Crippen LogP contribution in [0.2, 0.25) is 0 Å². The summed E-state index contributed by atoms with van der Waals surface area (Å²) in [4.78, 5) is 23.9. The SMILES string of the molecule is Cc1ccc(C(=O)O)cc1NC(=O)[C@@H]1C[C@]12CCOc1ccccc12. The maximum absolute atomic E-state index is 12.8. The summed E-state index contributed by atoms with van der Waals surface area (Å²) in [7, 11) is 0. The molecule has 2 atom stereocenters. The minimum atomic E-state index is -1.00. The highest BCUT2D eigenvalue weighted by Gasteiger charge is 2.61. The second-order valence-electron chi connectivity index (χ2n) is 6.83. The van der Waals surface area contributed by atoms with Gasteiger partial charge in [0.05, 0.1) is 12.2 Å². The molecule has 4 rings (SSSR count). The number of nitrogens with one attached hydrogen (secondary N) is 1. The molecule has 1 heterocycles. The first kappa shape index (κ1) is 15.7. The second-order valence-corrected chi connectivity index (χ2v) is 6.83. The van der Waals surface area contributed by atoms with Crippen LogP contribution in [0.15, 0.2) is 42.5 Å². The number of anilines is 1. The first-order valence-corrected chi connectivity index (χ1v) is 8.38. The predicted octanol–water partition coefficient (Wildman–Crippen LogP) is 3.37. The van der Waals surface area contributed by atoms with Crippen LogP contribution < -0.4 is 10.1 Å². The van der Waals surface area contributed by atoms with Crippen LogP contribution in [0.3, 0.4) is 0 Å². The predicted molar refractivity (Wildman–Crippen MR) is 93.1 cm³/mol. The molecule has 0 saturated heterocycles. The Hall–Kier alpha value is -2.82. The fraction of sp³-hybridized carbons (Fsp3) is 0.300. The molecule has 2 aliphatic rings. The first-order valence-electron chi connectivity index (χ1n) is 8.38. The van der Waals surface area contributed by atoms with Gasteiger partial charge in [-0.25, -0.2) is 4.79 Å². The van der Waals surface area contributed by atoms with E-state index in [0.717, 1.165) is 29.7 Å². The summed E-state index contributed by atoms with van der Waals surface area (Å²) >= 11 is 0. The van der Waals surface area contributed by atoms with Crippen molar-refractivity contribution < 1.29 is 19.4 Å². The summed E-state index contributed by atoms with van der Waals surface area (Å²) in [5, 5.41) is 12.1. The number of para-hydroxylation sites is 1. The van der Waals surface area contributed by atoms with Crippen LogP contribution in [0, 0.1) is 12.8 Å². The Kier molecular flexibility index (Phi) is 3.53. The second kappa shape index (κ2) is 5.62. The number of amides is 1. The van der Waals surface area contributed by atoms with Gasteiger partial charge >= 0.3 is 5.97 Å². The van der Waals surface area contributed by atoms with Crippen molar-refractivity contribution in [3.8, 4) is 5.75 Å². The van der Waals surface area contributed by atoms with Crippen molar-refractivity contribution in [3.63, 3.8) is 0 Å². The number of benzene rings is 2. The highest BCUT2D eigenvalue weighted by molar-refractivity contribution is 5.98. The third-order valence-electron chi connectivity index (χ3n) is 5.36. The standard InChI is InChI=1S/C20H19NO4/c1-12-6-7-13(19(23)24)10-16(12)21-18(22)15-11-20(15)8-9-25-17-5-3-2-4-14(17)20/h2-7,10,15H,8-9,11H2,1H3,(H,21,22)(H,23,24)/t15-,20-/m0/s1. The van der Waals surface area contributed by atoms with Crippen LogP contribution >= 0.6 is 0 Å². The Morgan fingerprint density at radius 2 is 2.04 bits per heavy atom. The largest absolute Gasteiger partial charge is 0.493 e. The Balaban J connectivity index is 1.57. The van der Waals surface area contributed by atoms with Gasteiger partial charge in [0.25, 0.3) is 0 Å². The van der Waals surface area contributed by atoms with Crippen molar-refractivity contribution >= 4 is 17.6 Å². The minimum Gasteiger partial charge on any atom is -0.493 e. The zero-order valence-electron chi connectivity index (χ0n) is 13.9. The van der Waals surface area contributed by atoms with E-state index in [9.17, 15) is 9.59 Å². The smallest absolute Gasteiger partial charge is 0.335 e. The molecule has 1 spiro atoms. The van der Waals surface area contributed by atoms with E-state index >= 15 is 0 Å². The normalized spacial score (nSPS) is 23.5. The average molecular weight is 337 g/mol. The Labute approximate surface area is 145 Å². The fourth-order valence-electron chi connectivity index (χ4n) is 3.81. The molecule has 1 fully saturated rings. The number of ether oxygens (including phenoxy) is 1. The number of fused-ring (bicyclic) bond motifs is 2. The van der Waals surface area contributed by atoms with Crippen LogP contribution in [-0.2, 0) is 10.2 Å². The van der Waals surface area contributed by atoms with Crippen molar-refractivity contribution in [1.82, 2.24) is 0 Å². The fourth-order valence-corrected chi connectivity index (χ4v) is 3.81. The minimum absolute atomic E-state index is 0.0534. The molecule has 1 aliphatic heterocycles. The number of aryl methyl sites for hydroxylation is 1. The molecule has 0 aromatic heterocycles. The number of hydrogen-bond acceptors (Lipinski definition) is 3. The summed E-state index contributed by atoms with van der Waals surface area (Å²) in [6.07, 6.45) is 1.63. The first-order chi connectivity index (χ1) is 12.0. The van der Waals surface area contributed by atoms with Gasteiger partial charge < -0.3 is 15.2 Å². The van der Waals surface area contributed by atoms with E-state index in [1.165, 1.54) is 6.07 Å². The molecule has 2 N–H and O–H groups in total. The maximum atomic E-state index is 12.8. The van der Waals surface area contributed by atoms with Crippen molar-refractivity contribution in [1.29, 1.82) is 0 Å². The number of carbonyl (C=O) groups is 2. The molecule has 0 unspecified atom stereocenters. The summed E-state index contributed by atoms with van der Waals surface area (Å²) in [6.45, 7) is 2.47. The third kappa shape index (κ3) is 2.56. The summed E-state index contributed by atoms with van der Waals surface area (Å²) in [5.41, 5.74) is 2.55. The molecule has 0 radical (unpaired) electrons. The van der Waals surface area contributed by atoms with Gasteiger partial charge in [0.1, 0.15) is 5.75 Å². The average Bonchev–Trinajstić information content (AvgIpc) is 3.32. The quantitative estimate of drug-likeness (QED) is 0.900. The van der Waals surface area contributed by atoms with Crippen molar-refractivity contribution in [3.05, 3.63) is 59.2 Å². The molecule has 25 heavy (non-hydrogen) atoms. The topological polar surface area (TPSA) is 75.6 Å². The van der Waals surface area contributed by atoms with Gasteiger partial charge in [-0.1, -0.05) is 24.3 Å².